The van der Waals surface area contributed by atoms with E-state index >= 15 is 0 Å². The van der Waals surface area contributed by atoms with E-state index in [0.717, 1.165) is 0 Å². The van der Waals surface area contributed by atoms with Gasteiger partial charge in [-0.2, -0.15) is 12.3 Å². The van der Waals surface area contributed by atoms with Crippen LogP contribution >= 0.6 is 23.2 Å². The summed E-state index contributed by atoms with van der Waals surface area (Å²) in [6, 6.07) is 10.6. The third-order valence-electron chi connectivity index (χ3n) is 3.45. The maximum Gasteiger partial charge on any atom is 0.258 e. The molecule has 1 amide bonds. The van der Waals surface area contributed by atoms with Crippen LogP contribution in [0.4, 0.5) is 11.4 Å². The summed E-state index contributed by atoms with van der Waals surface area (Å²) in [6.45, 7) is 0. The summed E-state index contributed by atoms with van der Waals surface area (Å²) in [6.07, 6.45) is 0. The van der Waals surface area contributed by atoms with Crippen LogP contribution in [-0.2, 0) is 10.3 Å². The van der Waals surface area contributed by atoms with Gasteiger partial charge in [0.25, 0.3) is 16.2 Å². The van der Waals surface area contributed by atoms with Crippen molar-refractivity contribution in [3.63, 3.8) is 0 Å². The first kappa shape index (κ1) is 18.7. The number of carbonyl (C=O) groups is 1. The first-order valence-electron chi connectivity index (χ1n) is 6.69. The van der Waals surface area contributed by atoms with Crippen molar-refractivity contribution in [3.05, 3.63) is 58.1 Å². The molecule has 0 unspecified atom stereocenters. The van der Waals surface area contributed by atoms with Crippen molar-refractivity contribution >= 4 is 50.8 Å². The molecule has 0 saturated carbocycles. The number of quaternary nitrogens is 1. The zero-order valence-electron chi connectivity index (χ0n) is 12.8. The second-order valence-corrected chi connectivity index (χ2v) is 8.02. The predicted molar refractivity (Wildman–Crippen MR) is 94.2 cm³/mol. The number of amides is 1. The van der Waals surface area contributed by atoms with Crippen LogP contribution in [0, 0.1) is 0 Å². The first-order chi connectivity index (χ1) is 11.0. The molecular formula is C15H14Cl2N2O4S. The van der Waals surface area contributed by atoms with Gasteiger partial charge in [0.15, 0.2) is 5.69 Å². The number of rotatable bonds is 4. The Balaban J connectivity index is 2.29. The molecule has 0 aliphatic carbocycles. The average Bonchev–Trinajstić information content (AvgIpc) is 2.48. The van der Waals surface area contributed by atoms with Gasteiger partial charge < -0.3 is 9.87 Å². The summed E-state index contributed by atoms with van der Waals surface area (Å²) in [5, 5.41) is 3.20. The normalized spacial score (nSPS) is 12.0. The van der Waals surface area contributed by atoms with Crippen molar-refractivity contribution in [2.45, 2.75) is 0 Å². The van der Waals surface area contributed by atoms with Crippen molar-refractivity contribution in [1.82, 2.24) is 3.89 Å². The quantitative estimate of drug-likeness (QED) is 0.642. The van der Waals surface area contributed by atoms with E-state index in [1.807, 2.05) is 0 Å². The molecule has 128 valence electrons. The van der Waals surface area contributed by atoms with Gasteiger partial charge >= 0.3 is 0 Å². The van der Waals surface area contributed by atoms with Gasteiger partial charge in [0.05, 0.1) is 14.1 Å². The summed E-state index contributed by atoms with van der Waals surface area (Å²) < 4.78 is 33.1. The molecule has 0 saturated heterocycles. The van der Waals surface area contributed by atoms with E-state index < -0.39 is 20.1 Å². The molecule has 0 aliphatic rings. The number of benzene rings is 2. The number of carbonyl (C=O) groups excluding carboxylic acids is 1. The van der Waals surface area contributed by atoms with Crippen LogP contribution in [0.3, 0.4) is 0 Å². The standard InChI is InChI=1S/C15H14Cl2N2O4S/c1-19(2,24(21,22)23)14-8-3-10(9-13(14)17)15(20)18-12-6-4-11(16)5-7-12/h3-9H,1-2H3,(H-,18,20,21,22,23). The van der Waals surface area contributed by atoms with Crippen LogP contribution in [0.15, 0.2) is 42.5 Å². The summed E-state index contributed by atoms with van der Waals surface area (Å²) >= 11 is 11.8. The minimum absolute atomic E-state index is 0.00295. The molecule has 0 aliphatic heterocycles. The van der Waals surface area contributed by atoms with E-state index in [9.17, 15) is 17.8 Å². The van der Waals surface area contributed by atoms with Gasteiger partial charge in [-0.05, 0) is 36.4 Å². The molecule has 9 heteroatoms. The van der Waals surface area contributed by atoms with Crippen LogP contribution in [0.1, 0.15) is 10.4 Å². The molecule has 0 fully saturated rings. The van der Waals surface area contributed by atoms with Crippen molar-refractivity contribution < 1.29 is 17.8 Å². The van der Waals surface area contributed by atoms with Crippen molar-refractivity contribution in [1.29, 1.82) is 0 Å². The fourth-order valence-corrected chi connectivity index (χ4v) is 2.91. The number of anilines is 1. The summed E-state index contributed by atoms with van der Waals surface area (Å²) in [5.74, 6) is -0.430. The Morgan fingerprint density at radius 1 is 1.08 bits per heavy atom. The number of halogens is 2. The topological polar surface area (TPSA) is 86.3 Å². The Morgan fingerprint density at radius 2 is 1.67 bits per heavy atom. The molecule has 6 nitrogen and oxygen atoms in total. The third-order valence-corrected chi connectivity index (χ3v) is 5.32. The highest BCUT2D eigenvalue weighted by Gasteiger charge is 2.30. The largest absolute Gasteiger partial charge is 0.701 e. The van der Waals surface area contributed by atoms with Crippen molar-refractivity contribution in [2.75, 3.05) is 19.4 Å². The molecule has 1 N–H and O–H groups in total. The summed E-state index contributed by atoms with van der Waals surface area (Å²) in [5.41, 5.74) is 0.847. The Labute approximate surface area is 150 Å². The Kier molecular flexibility index (Phi) is 5.22. The van der Waals surface area contributed by atoms with E-state index in [2.05, 4.69) is 5.32 Å². The minimum Gasteiger partial charge on any atom is -0.701 e. The second kappa shape index (κ2) is 6.70. The smallest absolute Gasteiger partial charge is 0.258 e. The van der Waals surface area contributed by atoms with Gasteiger partial charge in [-0.1, -0.05) is 23.2 Å². The molecule has 24 heavy (non-hydrogen) atoms. The highest BCUT2D eigenvalue weighted by Crippen LogP contribution is 2.32. The van der Waals surface area contributed by atoms with Crippen LogP contribution < -0.4 is 9.21 Å². The maximum absolute atomic E-state index is 12.2. The molecule has 0 bridgehead atoms. The average molecular weight is 389 g/mol. The van der Waals surface area contributed by atoms with Crippen LogP contribution in [0.5, 0.6) is 0 Å². The van der Waals surface area contributed by atoms with E-state index in [-0.39, 0.29) is 16.3 Å². The molecule has 2 rings (SSSR count). The van der Waals surface area contributed by atoms with Gasteiger partial charge in [-0.3, -0.25) is 4.79 Å². The summed E-state index contributed by atoms with van der Waals surface area (Å²) in [7, 11) is -2.26. The van der Waals surface area contributed by atoms with E-state index in [4.69, 9.17) is 23.2 Å². The van der Waals surface area contributed by atoms with Crippen molar-refractivity contribution in [3.8, 4) is 0 Å². The second-order valence-electron chi connectivity index (χ2n) is 5.41. The van der Waals surface area contributed by atoms with Crippen LogP contribution in [0.2, 0.25) is 10.0 Å². The fourth-order valence-electron chi connectivity index (χ4n) is 1.94. The van der Waals surface area contributed by atoms with Crippen LogP contribution in [-0.4, -0.2) is 33.0 Å². The molecule has 0 atom stereocenters. The highest BCUT2D eigenvalue weighted by atomic mass is 35.5. The van der Waals surface area contributed by atoms with Gasteiger partial charge in [-0.25, -0.2) is 0 Å². The lowest BCUT2D eigenvalue weighted by Crippen LogP contribution is -2.46. The predicted octanol–water partition coefficient (Wildman–Crippen LogP) is 3.27. The van der Waals surface area contributed by atoms with Crippen molar-refractivity contribution in [2.24, 2.45) is 0 Å². The van der Waals surface area contributed by atoms with E-state index in [1.54, 1.807) is 24.3 Å². The van der Waals surface area contributed by atoms with Gasteiger partial charge in [0.2, 0.25) is 0 Å². The molecule has 0 spiro atoms. The molecule has 0 radical (unpaired) electrons. The Bertz CT molecular complexity index is 881. The number of hydrogen-bond donors (Lipinski definition) is 1. The number of nitrogens with zero attached hydrogens (tertiary/aromatic N) is 1. The summed E-state index contributed by atoms with van der Waals surface area (Å²) in [4.78, 5) is 12.2. The Hall–Kier alpha value is -1.64. The zero-order valence-corrected chi connectivity index (χ0v) is 15.1. The highest BCUT2D eigenvalue weighted by molar-refractivity contribution is 7.85. The first-order valence-corrected chi connectivity index (χ1v) is 8.81. The molecule has 0 aromatic heterocycles. The van der Waals surface area contributed by atoms with Gasteiger partial charge in [0.1, 0.15) is 5.02 Å². The minimum atomic E-state index is -4.67. The lowest BCUT2D eigenvalue weighted by molar-refractivity contribution is 0.102. The lowest BCUT2D eigenvalue weighted by atomic mass is 10.1. The van der Waals surface area contributed by atoms with Gasteiger partial charge in [0, 0.05) is 22.3 Å². The third kappa shape index (κ3) is 3.88. The van der Waals surface area contributed by atoms with E-state index in [0.29, 0.717) is 10.7 Å². The molecule has 0 heterocycles. The number of nitrogens with one attached hydrogen (secondary N) is 1. The SMILES string of the molecule is C[N+](C)(c1ccc(C(=O)Nc2ccc(Cl)cc2)cc1Cl)S(=O)(=O)[O-]. The molecule has 2 aromatic carbocycles. The fraction of sp³-hybridized carbons (Fsp3) is 0.133. The Morgan fingerprint density at radius 3 is 2.17 bits per heavy atom. The molecular weight excluding hydrogens is 375 g/mol. The van der Waals surface area contributed by atoms with Crippen LogP contribution in [0.25, 0.3) is 0 Å². The maximum atomic E-state index is 12.2. The monoisotopic (exact) mass is 388 g/mol. The molecule has 2 aromatic rings. The van der Waals surface area contributed by atoms with Gasteiger partial charge in [-0.15, -0.1) is 0 Å². The zero-order chi connectivity index (χ0) is 18.1. The van der Waals surface area contributed by atoms with E-state index in [1.165, 1.54) is 32.3 Å². The lowest BCUT2D eigenvalue weighted by Gasteiger charge is -2.31. The number of hydrogen-bond acceptors (Lipinski definition) is 4.